The molecule has 0 aliphatic heterocycles. The fraction of sp³-hybridized carbons (Fsp3) is 0.857. The fourth-order valence-electron chi connectivity index (χ4n) is 2.43. The van der Waals surface area contributed by atoms with Gasteiger partial charge in [-0.05, 0) is 18.8 Å². The van der Waals surface area contributed by atoms with Gasteiger partial charge in [-0.2, -0.15) is 13.2 Å². The number of thiocarbonyl (C=S) groups is 1. The Hall–Kier alpha value is -0.320. The Labute approximate surface area is 73.1 Å². The summed E-state index contributed by atoms with van der Waals surface area (Å²) in [6.07, 6.45) is -3.01. The molecule has 0 heterocycles. The number of hydrogen-bond acceptors (Lipinski definition) is 1. The van der Waals surface area contributed by atoms with Gasteiger partial charge in [-0.15, -0.1) is 0 Å². The Kier molecular flexibility index (Phi) is 1.34. The molecule has 0 aromatic carbocycles. The lowest BCUT2D eigenvalue weighted by atomic mass is 9.37. The van der Waals surface area contributed by atoms with Crippen LogP contribution < -0.4 is 5.73 Å². The van der Waals surface area contributed by atoms with Crippen LogP contribution in [-0.4, -0.2) is 11.2 Å². The van der Waals surface area contributed by atoms with Crippen molar-refractivity contribution < 1.29 is 13.2 Å². The minimum absolute atomic E-state index is 0.0484. The molecule has 0 spiro atoms. The molecule has 0 amide bonds. The van der Waals surface area contributed by atoms with E-state index in [1.807, 2.05) is 0 Å². The molecule has 3 aliphatic rings. The van der Waals surface area contributed by atoms with E-state index >= 15 is 0 Å². The zero-order valence-electron chi connectivity index (χ0n) is 6.19. The zero-order valence-corrected chi connectivity index (χ0v) is 7.00. The molecule has 0 aromatic rings. The maximum absolute atomic E-state index is 12.3. The van der Waals surface area contributed by atoms with Crippen molar-refractivity contribution >= 4 is 17.2 Å². The van der Waals surface area contributed by atoms with Crippen LogP contribution in [0.2, 0.25) is 0 Å². The number of hydrogen-bond donors (Lipinski definition) is 1. The molecule has 0 radical (unpaired) electrons. The Bertz CT molecular complexity index is 242. The molecule has 1 atom stereocenters. The summed E-state index contributed by atoms with van der Waals surface area (Å²) in [7, 11) is 0. The highest BCUT2D eigenvalue weighted by atomic mass is 32.1. The van der Waals surface area contributed by atoms with Gasteiger partial charge in [0.2, 0.25) is 0 Å². The van der Waals surface area contributed by atoms with Gasteiger partial charge < -0.3 is 5.73 Å². The highest BCUT2D eigenvalue weighted by Gasteiger charge is 2.75. The fourth-order valence-corrected chi connectivity index (χ4v) is 2.72. The molecule has 3 saturated carbocycles. The van der Waals surface area contributed by atoms with Gasteiger partial charge in [0.1, 0.15) is 0 Å². The van der Waals surface area contributed by atoms with Gasteiger partial charge in [0, 0.05) is 5.41 Å². The van der Waals surface area contributed by atoms with Gasteiger partial charge >= 0.3 is 6.18 Å². The van der Waals surface area contributed by atoms with Crippen LogP contribution >= 0.6 is 12.2 Å². The predicted molar refractivity (Wildman–Crippen MR) is 41.5 cm³/mol. The van der Waals surface area contributed by atoms with E-state index in [1.54, 1.807) is 0 Å². The molecular weight excluding hydrogens is 187 g/mol. The molecular formula is C7H8F3NS. The molecule has 2 bridgehead atoms. The van der Waals surface area contributed by atoms with Gasteiger partial charge in [-0.25, -0.2) is 0 Å². The average molecular weight is 195 g/mol. The normalized spacial score (nSPS) is 44.6. The zero-order chi connectivity index (χ0) is 9.15. The number of rotatable bonds is 1. The summed E-state index contributed by atoms with van der Waals surface area (Å²) in [6.45, 7) is 0. The van der Waals surface area contributed by atoms with Crippen molar-refractivity contribution in [3.63, 3.8) is 0 Å². The van der Waals surface area contributed by atoms with Crippen molar-refractivity contribution in [2.24, 2.45) is 23.0 Å². The standard InChI is InChI=1S/C7H8F3NS/c8-7(9,10)4-3-1-6(4,2-3)5(11)12/h3-4H,1-2H2,(H2,11,12). The van der Waals surface area contributed by atoms with Crippen molar-refractivity contribution in [1.82, 2.24) is 0 Å². The third-order valence-corrected chi connectivity index (χ3v) is 3.57. The predicted octanol–water partition coefficient (Wildman–Crippen LogP) is 1.86. The highest BCUT2D eigenvalue weighted by Crippen LogP contribution is 2.73. The van der Waals surface area contributed by atoms with Crippen LogP contribution in [0.25, 0.3) is 0 Å². The van der Waals surface area contributed by atoms with E-state index in [0.29, 0.717) is 12.8 Å². The van der Waals surface area contributed by atoms with Gasteiger partial charge in [0.05, 0.1) is 10.9 Å². The van der Waals surface area contributed by atoms with Gasteiger partial charge in [0.25, 0.3) is 0 Å². The summed E-state index contributed by atoms with van der Waals surface area (Å²) in [5.41, 5.74) is 4.44. The second kappa shape index (κ2) is 1.95. The molecule has 0 aromatic heterocycles. The molecule has 1 unspecified atom stereocenters. The van der Waals surface area contributed by atoms with Crippen molar-refractivity contribution in [2.75, 3.05) is 0 Å². The van der Waals surface area contributed by atoms with E-state index in [0.717, 1.165) is 0 Å². The summed E-state index contributed by atoms with van der Waals surface area (Å²) in [6, 6.07) is 0. The first-order valence-corrected chi connectivity index (χ1v) is 4.15. The molecule has 68 valence electrons. The number of alkyl halides is 3. The van der Waals surface area contributed by atoms with Gasteiger partial charge in [-0.3, -0.25) is 0 Å². The lowest BCUT2D eigenvalue weighted by molar-refractivity contribution is -0.305. The highest BCUT2D eigenvalue weighted by molar-refractivity contribution is 7.80. The first-order valence-electron chi connectivity index (χ1n) is 3.74. The van der Waals surface area contributed by atoms with Crippen LogP contribution in [0.5, 0.6) is 0 Å². The largest absolute Gasteiger partial charge is 0.393 e. The summed E-state index contributed by atoms with van der Waals surface area (Å²) in [4.78, 5) is 0.0484. The second-order valence-corrected chi connectivity index (χ2v) is 4.15. The van der Waals surface area contributed by atoms with Crippen LogP contribution in [-0.2, 0) is 0 Å². The molecule has 5 heteroatoms. The first kappa shape index (κ1) is 8.29. The molecule has 2 N–H and O–H groups in total. The quantitative estimate of drug-likeness (QED) is 0.646. The molecule has 0 saturated heterocycles. The van der Waals surface area contributed by atoms with Crippen LogP contribution in [0.3, 0.4) is 0 Å². The van der Waals surface area contributed by atoms with Crippen LogP contribution in [0.15, 0.2) is 0 Å². The Morgan fingerprint density at radius 1 is 1.42 bits per heavy atom. The third kappa shape index (κ3) is 0.727. The Morgan fingerprint density at radius 2 is 1.92 bits per heavy atom. The van der Waals surface area contributed by atoms with Crippen LogP contribution in [0, 0.1) is 17.3 Å². The van der Waals surface area contributed by atoms with Crippen molar-refractivity contribution in [2.45, 2.75) is 19.0 Å². The smallest absolute Gasteiger partial charge is 0.393 e. The molecule has 12 heavy (non-hydrogen) atoms. The van der Waals surface area contributed by atoms with Crippen molar-refractivity contribution in [3.05, 3.63) is 0 Å². The van der Waals surface area contributed by atoms with Crippen LogP contribution in [0.1, 0.15) is 12.8 Å². The SMILES string of the molecule is NC(=S)C12CC(C1)C2C(F)(F)F. The lowest BCUT2D eigenvalue weighted by Crippen LogP contribution is -2.71. The first-order chi connectivity index (χ1) is 5.38. The van der Waals surface area contributed by atoms with E-state index in [-0.39, 0.29) is 10.9 Å². The van der Waals surface area contributed by atoms with E-state index in [1.165, 1.54) is 0 Å². The maximum Gasteiger partial charge on any atom is 0.393 e. The Morgan fingerprint density at radius 3 is 2.00 bits per heavy atom. The summed E-state index contributed by atoms with van der Waals surface area (Å²) in [5.74, 6) is -1.44. The van der Waals surface area contributed by atoms with E-state index in [9.17, 15) is 13.2 Å². The summed E-state index contributed by atoms with van der Waals surface area (Å²) >= 11 is 4.64. The third-order valence-electron chi connectivity index (χ3n) is 3.16. The molecule has 3 aliphatic carbocycles. The molecule has 3 rings (SSSR count). The molecule has 3 fully saturated rings. The minimum Gasteiger partial charge on any atom is -0.393 e. The van der Waals surface area contributed by atoms with Gasteiger partial charge in [-0.1, -0.05) is 12.2 Å². The average Bonchev–Trinajstić information content (AvgIpc) is 1.45. The topological polar surface area (TPSA) is 26.0 Å². The van der Waals surface area contributed by atoms with Gasteiger partial charge in [0.15, 0.2) is 0 Å². The van der Waals surface area contributed by atoms with E-state index in [4.69, 9.17) is 5.73 Å². The monoisotopic (exact) mass is 195 g/mol. The second-order valence-electron chi connectivity index (χ2n) is 3.71. The molecule has 1 nitrogen and oxygen atoms in total. The van der Waals surface area contributed by atoms with Crippen molar-refractivity contribution in [3.8, 4) is 0 Å². The van der Waals surface area contributed by atoms with Crippen LogP contribution in [0.4, 0.5) is 13.2 Å². The van der Waals surface area contributed by atoms with E-state index < -0.39 is 17.5 Å². The summed E-state index contributed by atoms with van der Waals surface area (Å²) < 4.78 is 36.8. The Balaban J connectivity index is 2.19. The minimum atomic E-state index is -4.11. The van der Waals surface area contributed by atoms with E-state index in [2.05, 4.69) is 12.2 Å². The maximum atomic E-state index is 12.3. The number of nitrogens with two attached hydrogens (primary N) is 1. The number of halogens is 3. The van der Waals surface area contributed by atoms with Crippen molar-refractivity contribution in [1.29, 1.82) is 0 Å². The lowest BCUT2D eigenvalue weighted by Gasteiger charge is -2.67. The summed E-state index contributed by atoms with van der Waals surface area (Å²) in [5, 5.41) is 0.